The van der Waals surface area contributed by atoms with Crippen molar-refractivity contribution in [3.8, 4) is 0 Å². The number of allylic oxidation sites excluding steroid dienone is 2. The predicted molar refractivity (Wildman–Crippen MR) is 98.3 cm³/mol. The Morgan fingerprint density at radius 1 is 1.43 bits per heavy atom. The molecule has 2 atom stereocenters. The first-order valence-electron chi connectivity index (χ1n) is 7.91. The lowest BCUT2D eigenvalue weighted by molar-refractivity contribution is -0.132. The summed E-state index contributed by atoms with van der Waals surface area (Å²) in [6.45, 7) is 4.22. The lowest BCUT2D eigenvalue weighted by Gasteiger charge is -2.22. The zero-order valence-corrected chi connectivity index (χ0v) is 15.7. The van der Waals surface area contributed by atoms with Crippen LogP contribution in [0.2, 0.25) is 0 Å². The van der Waals surface area contributed by atoms with Crippen LogP contribution in [-0.4, -0.2) is 29.5 Å². The van der Waals surface area contributed by atoms with Crippen LogP contribution < -0.4 is 0 Å². The van der Waals surface area contributed by atoms with E-state index >= 15 is 0 Å². The highest BCUT2D eigenvalue weighted by Crippen LogP contribution is 2.22. The van der Waals surface area contributed by atoms with Crippen molar-refractivity contribution in [2.24, 2.45) is 5.92 Å². The zero-order valence-electron chi connectivity index (χ0n) is 13.5. The fourth-order valence-electron chi connectivity index (χ4n) is 2.55. The summed E-state index contributed by atoms with van der Waals surface area (Å²) in [5, 5.41) is 0. The van der Waals surface area contributed by atoms with Gasteiger partial charge in [0.25, 0.3) is 0 Å². The summed E-state index contributed by atoms with van der Waals surface area (Å²) in [6, 6.07) is 9.65. The highest BCUT2D eigenvalue weighted by atomic mass is 127. The van der Waals surface area contributed by atoms with Crippen molar-refractivity contribution >= 4 is 34.6 Å². The second-order valence-electron chi connectivity index (χ2n) is 5.77. The number of nitrogens with zero attached hydrogens (tertiary/aromatic N) is 1. The predicted octanol–water partition coefficient (Wildman–Crippen LogP) is 4.33. The fraction of sp³-hybridized carbons (Fsp3) is 0.444. The van der Waals surface area contributed by atoms with E-state index in [-0.39, 0.29) is 24.5 Å². The van der Waals surface area contributed by atoms with E-state index in [1.165, 1.54) is 8.48 Å². The number of halogens is 1. The molecule has 1 aliphatic rings. The topological polar surface area (TPSA) is 46.6 Å². The highest BCUT2D eigenvalue weighted by Gasteiger charge is 2.39. The Hall–Kier alpha value is -1.37. The smallest absolute Gasteiger partial charge is 0.416 e. The molecule has 1 aromatic rings. The summed E-state index contributed by atoms with van der Waals surface area (Å²) in [6.07, 6.45) is 3.79. The zero-order chi connectivity index (χ0) is 16.8. The molecule has 1 heterocycles. The third-order valence-electron chi connectivity index (χ3n) is 3.96. The SMILES string of the molecule is CC/C(I)=C/C[C@H](C)C(=O)N1C(=O)OC[C@H]1Cc1ccccc1. The van der Waals surface area contributed by atoms with Gasteiger partial charge in [-0.1, -0.05) is 50.3 Å². The molecule has 0 unspecified atom stereocenters. The first-order valence-corrected chi connectivity index (χ1v) is 8.99. The first kappa shape index (κ1) is 18.0. The van der Waals surface area contributed by atoms with Crippen LogP contribution in [0, 0.1) is 5.92 Å². The summed E-state index contributed by atoms with van der Waals surface area (Å²) < 4.78 is 6.35. The fourth-order valence-corrected chi connectivity index (χ4v) is 2.81. The average Bonchev–Trinajstić information content (AvgIpc) is 2.92. The second-order valence-corrected chi connectivity index (χ2v) is 7.16. The van der Waals surface area contributed by atoms with Gasteiger partial charge in [0.15, 0.2) is 0 Å². The number of ether oxygens (including phenoxy) is 1. The van der Waals surface area contributed by atoms with Crippen molar-refractivity contribution in [2.75, 3.05) is 6.61 Å². The molecule has 0 aromatic heterocycles. The van der Waals surface area contributed by atoms with E-state index in [1.54, 1.807) is 0 Å². The van der Waals surface area contributed by atoms with Gasteiger partial charge in [0.1, 0.15) is 6.61 Å². The van der Waals surface area contributed by atoms with Crippen molar-refractivity contribution in [3.05, 3.63) is 45.6 Å². The maximum absolute atomic E-state index is 12.7. The van der Waals surface area contributed by atoms with Gasteiger partial charge >= 0.3 is 6.09 Å². The standard InChI is InChI=1S/C18H22INO3/c1-3-15(19)10-9-13(2)17(21)20-16(12-23-18(20)22)11-14-7-5-4-6-8-14/h4-8,10,13,16H,3,9,11-12H2,1-2H3/b15-10-/t13-,16+/m0/s1. The van der Waals surface area contributed by atoms with E-state index in [0.717, 1.165) is 12.0 Å². The minimum absolute atomic E-state index is 0.148. The third kappa shape index (κ3) is 4.80. The van der Waals surface area contributed by atoms with E-state index < -0.39 is 6.09 Å². The van der Waals surface area contributed by atoms with Gasteiger partial charge in [0.05, 0.1) is 6.04 Å². The Labute approximate surface area is 151 Å². The van der Waals surface area contributed by atoms with Crippen LogP contribution in [0.15, 0.2) is 40.0 Å². The summed E-state index contributed by atoms with van der Waals surface area (Å²) in [4.78, 5) is 25.9. The van der Waals surface area contributed by atoms with Gasteiger partial charge in [-0.3, -0.25) is 4.79 Å². The molecule has 1 fully saturated rings. The number of amides is 2. The Morgan fingerprint density at radius 3 is 2.78 bits per heavy atom. The van der Waals surface area contributed by atoms with Crippen LogP contribution in [0.25, 0.3) is 0 Å². The van der Waals surface area contributed by atoms with Crippen molar-refractivity contribution < 1.29 is 14.3 Å². The van der Waals surface area contributed by atoms with Crippen molar-refractivity contribution in [1.82, 2.24) is 4.90 Å². The van der Waals surface area contributed by atoms with E-state index in [9.17, 15) is 9.59 Å². The number of carbonyl (C=O) groups is 2. The Kier molecular flexibility index (Phi) is 6.62. The molecule has 0 saturated carbocycles. The Bertz CT molecular complexity index is 585. The number of benzene rings is 1. The number of rotatable bonds is 6. The third-order valence-corrected chi connectivity index (χ3v) is 5.17. The van der Waals surface area contributed by atoms with Crippen molar-refractivity contribution in [3.63, 3.8) is 0 Å². The quantitative estimate of drug-likeness (QED) is 0.635. The molecule has 0 bridgehead atoms. The molecule has 0 N–H and O–H groups in total. The number of cyclic esters (lactones) is 1. The Balaban J connectivity index is 2.05. The van der Waals surface area contributed by atoms with Crippen LogP contribution in [0.5, 0.6) is 0 Å². The lowest BCUT2D eigenvalue weighted by Crippen LogP contribution is -2.42. The Morgan fingerprint density at radius 2 is 2.13 bits per heavy atom. The van der Waals surface area contributed by atoms with Crippen LogP contribution in [0.4, 0.5) is 4.79 Å². The van der Waals surface area contributed by atoms with Crippen LogP contribution in [-0.2, 0) is 16.0 Å². The van der Waals surface area contributed by atoms with Gasteiger partial charge in [-0.05, 0) is 51.0 Å². The molecule has 4 nitrogen and oxygen atoms in total. The number of imide groups is 1. The van der Waals surface area contributed by atoms with Gasteiger partial charge in [0, 0.05) is 5.92 Å². The molecule has 5 heteroatoms. The monoisotopic (exact) mass is 427 g/mol. The van der Waals surface area contributed by atoms with Crippen LogP contribution >= 0.6 is 22.6 Å². The van der Waals surface area contributed by atoms with E-state index in [4.69, 9.17) is 4.74 Å². The maximum Gasteiger partial charge on any atom is 0.416 e. The van der Waals surface area contributed by atoms with Crippen molar-refractivity contribution in [1.29, 1.82) is 0 Å². The first-order chi connectivity index (χ1) is 11.0. The summed E-state index contributed by atoms with van der Waals surface area (Å²) in [5.41, 5.74) is 1.10. The molecule has 23 heavy (non-hydrogen) atoms. The van der Waals surface area contributed by atoms with Gasteiger partial charge in [-0.15, -0.1) is 0 Å². The molecule has 2 rings (SSSR count). The largest absolute Gasteiger partial charge is 0.447 e. The van der Waals surface area contributed by atoms with Gasteiger partial charge < -0.3 is 4.74 Å². The van der Waals surface area contributed by atoms with Crippen molar-refractivity contribution in [2.45, 2.75) is 39.2 Å². The number of hydrogen-bond acceptors (Lipinski definition) is 3. The molecular weight excluding hydrogens is 405 g/mol. The summed E-state index contributed by atoms with van der Waals surface area (Å²) in [5.74, 6) is -0.375. The number of carbonyl (C=O) groups excluding carboxylic acids is 2. The molecule has 124 valence electrons. The van der Waals surface area contributed by atoms with E-state index in [0.29, 0.717) is 12.8 Å². The average molecular weight is 427 g/mol. The van der Waals surface area contributed by atoms with Gasteiger partial charge in [-0.25, -0.2) is 9.69 Å². The maximum atomic E-state index is 12.7. The molecule has 1 saturated heterocycles. The molecule has 0 radical (unpaired) electrons. The van der Waals surface area contributed by atoms with Crippen LogP contribution in [0.1, 0.15) is 32.3 Å². The molecular formula is C18H22INO3. The normalized spacial score (nSPS) is 19.6. The molecule has 0 aliphatic carbocycles. The van der Waals surface area contributed by atoms with Gasteiger partial charge in [0.2, 0.25) is 5.91 Å². The summed E-state index contributed by atoms with van der Waals surface area (Å²) >= 11 is 2.28. The van der Waals surface area contributed by atoms with E-state index in [1.807, 2.05) is 37.3 Å². The summed E-state index contributed by atoms with van der Waals surface area (Å²) in [7, 11) is 0. The molecule has 2 amide bonds. The molecule has 1 aromatic carbocycles. The molecule has 0 spiro atoms. The second kappa shape index (κ2) is 8.47. The van der Waals surface area contributed by atoms with Gasteiger partial charge in [-0.2, -0.15) is 0 Å². The van der Waals surface area contributed by atoms with Crippen LogP contribution in [0.3, 0.4) is 0 Å². The molecule has 1 aliphatic heterocycles. The highest BCUT2D eigenvalue weighted by molar-refractivity contribution is 14.1. The van der Waals surface area contributed by atoms with E-state index in [2.05, 4.69) is 35.6 Å². The lowest BCUT2D eigenvalue weighted by atomic mass is 10.0. The minimum Gasteiger partial charge on any atom is -0.447 e. The minimum atomic E-state index is -0.517. The number of hydrogen-bond donors (Lipinski definition) is 0.